The molecule has 0 bridgehead atoms. The van der Waals surface area contributed by atoms with Gasteiger partial charge in [0, 0.05) is 13.1 Å². The topological polar surface area (TPSA) is 134 Å². The lowest BCUT2D eigenvalue weighted by Crippen LogP contribution is -2.46. The van der Waals surface area contributed by atoms with Crippen molar-refractivity contribution in [2.24, 2.45) is 11.7 Å². The average Bonchev–Trinajstić information content (AvgIpc) is 3.46. The molecule has 3 rings (SSSR count). The Morgan fingerprint density at radius 2 is 2.00 bits per heavy atom. The fourth-order valence-corrected chi connectivity index (χ4v) is 3.20. The third-order valence-electron chi connectivity index (χ3n) is 4.87. The summed E-state index contributed by atoms with van der Waals surface area (Å²) in [7, 11) is 0. The van der Waals surface area contributed by atoms with E-state index in [1.54, 1.807) is 31.2 Å². The van der Waals surface area contributed by atoms with Crippen molar-refractivity contribution in [3.63, 3.8) is 0 Å². The van der Waals surface area contributed by atoms with Crippen LogP contribution in [0.5, 0.6) is 0 Å². The largest absolute Gasteiger partial charge is 0.351 e. The maximum atomic E-state index is 12.6. The molecule has 1 atom stereocenters. The molecular weight excluding hydrogens is 350 g/mol. The van der Waals surface area contributed by atoms with Crippen LogP contribution < -0.4 is 21.7 Å². The SMILES string of the molecule is CC1(C2CC2)NC(=O)N(CC(=O)Nc2ccccc2C(=O)NCCN)C1=O. The first-order valence-electron chi connectivity index (χ1n) is 8.88. The fourth-order valence-electron chi connectivity index (χ4n) is 3.20. The van der Waals surface area contributed by atoms with Crippen LogP contribution in [0, 0.1) is 5.92 Å². The normalized spacial score (nSPS) is 21.8. The Hall–Kier alpha value is -2.94. The van der Waals surface area contributed by atoms with Crippen LogP contribution in [0.25, 0.3) is 0 Å². The van der Waals surface area contributed by atoms with Crippen LogP contribution in [0.2, 0.25) is 0 Å². The maximum absolute atomic E-state index is 12.6. The van der Waals surface area contributed by atoms with Gasteiger partial charge in [-0.25, -0.2) is 4.79 Å². The molecule has 27 heavy (non-hydrogen) atoms. The molecule has 0 aromatic heterocycles. The predicted octanol–water partition coefficient (Wildman–Crippen LogP) is 0.0341. The number of hydrogen-bond donors (Lipinski definition) is 4. The van der Waals surface area contributed by atoms with Gasteiger partial charge in [0.15, 0.2) is 0 Å². The van der Waals surface area contributed by atoms with Gasteiger partial charge in [-0.05, 0) is 37.8 Å². The summed E-state index contributed by atoms with van der Waals surface area (Å²) in [4.78, 5) is 50.2. The summed E-state index contributed by atoms with van der Waals surface area (Å²) < 4.78 is 0. The standard InChI is InChI=1S/C18H23N5O4/c1-18(11-6-7-11)16(26)23(17(27)22-18)10-14(24)21-13-5-3-2-4-12(13)15(25)20-9-8-19/h2-5,11H,6-10,19H2,1H3,(H,20,25)(H,21,24)(H,22,27). The summed E-state index contributed by atoms with van der Waals surface area (Å²) in [5, 5.41) is 7.93. The summed E-state index contributed by atoms with van der Waals surface area (Å²) >= 11 is 0. The molecule has 9 heteroatoms. The molecule has 0 spiro atoms. The van der Waals surface area contributed by atoms with Crippen LogP contribution in [0.4, 0.5) is 10.5 Å². The second-order valence-corrected chi connectivity index (χ2v) is 6.94. The van der Waals surface area contributed by atoms with Gasteiger partial charge < -0.3 is 21.7 Å². The molecule has 144 valence electrons. The lowest BCUT2D eigenvalue weighted by molar-refractivity contribution is -0.134. The van der Waals surface area contributed by atoms with E-state index in [1.807, 2.05) is 0 Å². The van der Waals surface area contributed by atoms with E-state index in [-0.39, 0.29) is 23.3 Å². The van der Waals surface area contributed by atoms with Gasteiger partial charge in [0.25, 0.3) is 11.8 Å². The van der Waals surface area contributed by atoms with Gasteiger partial charge in [-0.3, -0.25) is 19.3 Å². The molecular formula is C18H23N5O4. The van der Waals surface area contributed by atoms with Crippen molar-refractivity contribution in [3.05, 3.63) is 29.8 Å². The summed E-state index contributed by atoms with van der Waals surface area (Å²) in [6, 6.07) is 5.92. The Morgan fingerprint density at radius 3 is 2.67 bits per heavy atom. The van der Waals surface area contributed by atoms with Gasteiger partial charge in [-0.15, -0.1) is 0 Å². The summed E-state index contributed by atoms with van der Waals surface area (Å²) in [5.41, 5.74) is 5.02. The molecule has 1 heterocycles. The minimum atomic E-state index is -0.933. The summed E-state index contributed by atoms with van der Waals surface area (Å²) in [5.74, 6) is -1.20. The van der Waals surface area contributed by atoms with E-state index in [4.69, 9.17) is 5.73 Å². The second-order valence-electron chi connectivity index (χ2n) is 6.94. The number of benzene rings is 1. The molecule has 1 aliphatic heterocycles. The zero-order valence-corrected chi connectivity index (χ0v) is 15.1. The van der Waals surface area contributed by atoms with E-state index < -0.39 is 24.0 Å². The summed E-state index contributed by atoms with van der Waals surface area (Å²) in [6.07, 6.45) is 1.77. The summed E-state index contributed by atoms with van der Waals surface area (Å²) in [6.45, 7) is 1.89. The first kappa shape index (κ1) is 18.8. The van der Waals surface area contributed by atoms with E-state index in [2.05, 4.69) is 16.0 Å². The number of para-hydroxylation sites is 1. The number of urea groups is 1. The zero-order valence-electron chi connectivity index (χ0n) is 15.1. The fraction of sp³-hybridized carbons (Fsp3) is 0.444. The number of anilines is 1. The number of carbonyl (C=O) groups is 4. The van der Waals surface area contributed by atoms with E-state index in [0.717, 1.165) is 17.7 Å². The predicted molar refractivity (Wildman–Crippen MR) is 97.8 cm³/mol. The number of hydrogen-bond acceptors (Lipinski definition) is 5. The Kier molecular flexibility index (Phi) is 5.13. The van der Waals surface area contributed by atoms with Gasteiger partial charge >= 0.3 is 6.03 Å². The first-order valence-corrected chi connectivity index (χ1v) is 8.88. The molecule has 9 nitrogen and oxygen atoms in total. The lowest BCUT2D eigenvalue weighted by atomic mass is 9.96. The number of carbonyl (C=O) groups excluding carboxylic acids is 4. The highest BCUT2D eigenvalue weighted by atomic mass is 16.2. The van der Waals surface area contributed by atoms with Gasteiger partial charge in [0.2, 0.25) is 5.91 Å². The number of nitrogens with one attached hydrogen (secondary N) is 3. The number of amides is 5. The van der Waals surface area contributed by atoms with E-state index >= 15 is 0 Å². The third-order valence-corrected chi connectivity index (χ3v) is 4.87. The monoisotopic (exact) mass is 373 g/mol. The van der Waals surface area contributed by atoms with Crippen LogP contribution in [-0.4, -0.2) is 53.8 Å². The molecule has 5 amide bonds. The van der Waals surface area contributed by atoms with Gasteiger partial charge in [0.05, 0.1) is 11.3 Å². The van der Waals surface area contributed by atoms with E-state index in [0.29, 0.717) is 18.8 Å². The van der Waals surface area contributed by atoms with Crippen LogP contribution >= 0.6 is 0 Å². The second kappa shape index (κ2) is 7.36. The molecule has 1 saturated heterocycles. The van der Waals surface area contributed by atoms with E-state index in [9.17, 15) is 19.2 Å². The van der Waals surface area contributed by atoms with Crippen molar-refractivity contribution in [2.75, 3.05) is 25.0 Å². The minimum absolute atomic E-state index is 0.119. The Labute approximate surface area is 156 Å². The van der Waals surface area contributed by atoms with Crippen molar-refractivity contribution >= 4 is 29.4 Å². The molecule has 1 aliphatic carbocycles. The maximum Gasteiger partial charge on any atom is 0.325 e. The first-order chi connectivity index (χ1) is 12.9. The molecule has 1 aromatic carbocycles. The molecule has 1 unspecified atom stereocenters. The Morgan fingerprint density at radius 1 is 1.30 bits per heavy atom. The van der Waals surface area contributed by atoms with Gasteiger partial charge in [-0.1, -0.05) is 12.1 Å². The highest BCUT2D eigenvalue weighted by Gasteiger charge is 2.56. The quantitative estimate of drug-likeness (QED) is 0.501. The molecule has 2 aliphatic rings. The molecule has 2 fully saturated rings. The van der Waals surface area contributed by atoms with Gasteiger partial charge in [0.1, 0.15) is 12.1 Å². The highest BCUT2D eigenvalue weighted by molar-refractivity contribution is 6.11. The van der Waals surface area contributed by atoms with E-state index in [1.165, 1.54) is 0 Å². The van der Waals surface area contributed by atoms with Crippen LogP contribution in [0.1, 0.15) is 30.1 Å². The smallest absolute Gasteiger partial charge is 0.325 e. The number of nitrogens with two attached hydrogens (primary N) is 1. The van der Waals surface area contributed by atoms with Crippen LogP contribution in [0.15, 0.2) is 24.3 Å². The third kappa shape index (κ3) is 3.77. The number of imide groups is 1. The Balaban J connectivity index is 1.67. The highest BCUT2D eigenvalue weighted by Crippen LogP contribution is 2.42. The minimum Gasteiger partial charge on any atom is -0.351 e. The van der Waals surface area contributed by atoms with Crippen LogP contribution in [0.3, 0.4) is 0 Å². The molecule has 1 aromatic rings. The van der Waals surface area contributed by atoms with Gasteiger partial charge in [-0.2, -0.15) is 0 Å². The van der Waals surface area contributed by atoms with Crippen molar-refractivity contribution in [1.82, 2.24) is 15.5 Å². The van der Waals surface area contributed by atoms with Crippen molar-refractivity contribution in [2.45, 2.75) is 25.3 Å². The average molecular weight is 373 g/mol. The number of nitrogens with zero attached hydrogens (tertiary/aromatic N) is 1. The zero-order chi connectivity index (χ0) is 19.6. The Bertz CT molecular complexity index is 792. The van der Waals surface area contributed by atoms with Crippen molar-refractivity contribution in [3.8, 4) is 0 Å². The molecule has 0 radical (unpaired) electrons. The molecule has 1 saturated carbocycles. The van der Waals surface area contributed by atoms with Crippen molar-refractivity contribution in [1.29, 1.82) is 0 Å². The van der Waals surface area contributed by atoms with Crippen LogP contribution in [-0.2, 0) is 9.59 Å². The number of rotatable bonds is 7. The van der Waals surface area contributed by atoms with Crippen molar-refractivity contribution < 1.29 is 19.2 Å². The lowest BCUT2D eigenvalue weighted by Gasteiger charge is -2.20. The molecule has 5 N–H and O–H groups in total.